The van der Waals surface area contributed by atoms with Crippen molar-refractivity contribution < 1.29 is 19.7 Å². The standard InChI is InChI=1S/C22H26Cl2O4/c1-13(2)18-8-15(5-7-22(18)27)9-19-20(23)10-17(11-21(19)24)28-12-16(26)6-4-14(3)25/h5,7-8,10-11,13-14,25,27H,4,6,9,12H2,1-3H3. The lowest BCUT2D eigenvalue weighted by Gasteiger charge is -2.14. The van der Waals surface area contributed by atoms with Crippen LogP contribution in [0.5, 0.6) is 11.5 Å². The lowest BCUT2D eigenvalue weighted by Crippen LogP contribution is -2.13. The van der Waals surface area contributed by atoms with Crippen LogP contribution in [0.1, 0.15) is 56.2 Å². The van der Waals surface area contributed by atoms with E-state index < -0.39 is 6.10 Å². The van der Waals surface area contributed by atoms with Gasteiger partial charge in [0.1, 0.15) is 18.1 Å². The van der Waals surface area contributed by atoms with Crippen LogP contribution in [0.4, 0.5) is 0 Å². The molecule has 2 rings (SSSR count). The maximum atomic E-state index is 11.8. The van der Waals surface area contributed by atoms with Crippen LogP contribution in [0.3, 0.4) is 0 Å². The van der Waals surface area contributed by atoms with E-state index in [1.165, 1.54) is 0 Å². The predicted octanol–water partition coefficient (Wildman–Crippen LogP) is 5.52. The van der Waals surface area contributed by atoms with Gasteiger partial charge < -0.3 is 14.9 Å². The highest BCUT2D eigenvalue weighted by atomic mass is 35.5. The van der Waals surface area contributed by atoms with Gasteiger partial charge in [-0.15, -0.1) is 0 Å². The molecule has 2 aromatic carbocycles. The molecule has 1 atom stereocenters. The van der Waals surface area contributed by atoms with Gasteiger partial charge in [0.05, 0.1) is 6.10 Å². The van der Waals surface area contributed by atoms with Crippen molar-refractivity contribution in [1.29, 1.82) is 0 Å². The number of phenolic OH excluding ortho intramolecular Hbond substituents is 1. The zero-order valence-electron chi connectivity index (χ0n) is 16.3. The van der Waals surface area contributed by atoms with Crippen molar-refractivity contribution in [3.63, 3.8) is 0 Å². The molecule has 0 aliphatic heterocycles. The molecule has 152 valence electrons. The maximum Gasteiger partial charge on any atom is 0.170 e. The van der Waals surface area contributed by atoms with Crippen LogP contribution in [0, 0.1) is 0 Å². The molecule has 0 saturated heterocycles. The van der Waals surface area contributed by atoms with E-state index in [0.717, 1.165) is 16.7 Å². The van der Waals surface area contributed by atoms with E-state index in [1.54, 1.807) is 25.1 Å². The number of hydrogen-bond donors (Lipinski definition) is 2. The number of aliphatic hydroxyl groups is 1. The average molecular weight is 425 g/mol. The Labute approximate surface area is 176 Å². The molecule has 0 aliphatic rings. The number of benzene rings is 2. The molecular weight excluding hydrogens is 399 g/mol. The van der Waals surface area contributed by atoms with E-state index in [1.807, 2.05) is 26.0 Å². The summed E-state index contributed by atoms with van der Waals surface area (Å²) in [7, 11) is 0. The summed E-state index contributed by atoms with van der Waals surface area (Å²) < 4.78 is 5.50. The van der Waals surface area contributed by atoms with Gasteiger partial charge in [-0.25, -0.2) is 0 Å². The minimum absolute atomic E-state index is 0.0889. The number of halogens is 2. The van der Waals surface area contributed by atoms with Crippen LogP contribution in [-0.4, -0.2) is 28.7 Å². The van der Waals surface area contributed by atoms with Crippen LogP contribution < -0.4 is 4.74 Å². The molecule has 1 unspecified atom stereocenters. The second kappa shape index (κ2) is 10.1. The van der Waals surface area contributed by atoms with Gasteiger partial charge in [0.25, 0.3) is 0 Å². The zero-order chi connectivity index (χ0) is 20.8. The SMILES string of the molecule is CC(O)CCC(=O)COc1cc(Cl)c(Cc2ccc(O)c(C(C)C)c2)c(Cl)c1. The van der Waals surface area contributed by atoms with Gasteiger partial charge in [-0.2, -0.15) is 0 Å². The summed E-state index contributed by atoms with van der Waals surface area (Å²) in [6.07, 6.45) is 0.679. The lowest BCUT2D eigenvalue weighted by atomic mass is 9.96. The largest absolute Gasteiger partial charge is 0.508 e. The third-order valence-electron chi connectivity index (χ3n) is 4.45. The van der Waals surface area contributed by atoms with E-state index in [2.05, 4.69) is 0 Å². The third kappa shape index (κ3) is 6.40. The van der Waals surface area contributed by atoms with Crippen molar-refractivity contribution in [2.24, 2.45) is 0 Å². The Kier molecular flexibility index (Phi) is 8.17. The van der Waals surface area contributed by atoms with Crippen LogP contribution in [0.2, 0.25) is 10.0 Å². The highest BCUT2D eigenvalue weighted by Crippen LogP contribution is 2.34. The molecule has 0 fully saturated rings. The van der Waals surface area contributed by atoms with Crippen LogP contribution in [-0.2, 0) is 11.2 Å². The van der Waals surface area contributed by atoms with Crippen LogP contribution >= 0.6 is 23.2 Å². The quantitative estimate of drug-likeness (QED) is 0.555. The molecule has 2 N–H and O–H groups in total. The highest BCUT2D eigenvalue weighted by molar-refractivity contribution is 6.36. The number of carbonyl (C=O) groups is 1. The summed E-state index contributed by atoms with van der Waals surface area (Å²) in [5.41, 5.74) is 2.63. The number of Topliss-reactive ketones (excluding diaryl/α,β-unsaturated/α-hetero) is 1. The molecule has 2 aromatic rings. The number of aliphatic hydroxyl groups excluding tert-OH is 1. The minimum Gasteiger partial charge on any atom is -0.508 e. The lowest BCUT2D eigenvalue weighted by molar-refractivity contribution is -0.121. The number of rotatable bonds is 9. The topological polar surface area (TPSA) is 66.8 Å². The Hall–Kier alpha value is -1.75. The van der Waals surface area contributed by atoms with Crippen molar-refractivity contribution in [2.45, 2.75) is 52.1 Å². The van der Waals surface area contributed by atoms with Gasteiger partial charge in [0.2, 0.25) is 0 Å². The molecule has 0 saturated carbocycles. The number of aromatic hydroxyl groups is 1. The van der Waals surface area contributed by atoms with Gasteiger partial charge in [-0.1, -0.05) is 49.2 Å². The van der Waals surface area contributed by atoms with Crippen molar-refractivity contribution in [3.05, 3.63) is 57.1 Å². The molecule has 0 heterocycles. The number of ether oxygens (including phenoxy) is 1. The number of ketones is 1. The molecule has 0 amide bonds. The van der Waals surface area contributed by atoms with Crippen LogP contribution in [0.15, 0.2) is 30.3 Å². The Bertz CT molecular complexity index is 808. The van der Waals surface area contributed by atoms with Gasteiger partial charge in [0.15, 0.2) is 5.78 Å². The summed E-state index contributed by atoms with van der Waals surface area (Å²) in [6, 6.07) is 8.78. The first kappa shape index (κ1) is 22.5. The van der Waals surface area contributed by atoms with E-state index >= 15 is 0 Å². The molecular formula is C22H26Cl2O4. The molecule has 0 aliphatic carbocycles. The molecule has 6 heteroatoms. The Balaban J connectivity index is 2.10. The van der Waals surface area contributed by atoms with Gasteiger partial charge >= 0.3 is 0 Å². The highest BCUT2D eigenvalue weighted by Gasteiger charge is 2.13. The normalized spacial score (nSPS) is 12.2. The molecule has 4 nitrogen and oxygen atoms in total. The fourth-order valence-electron chi connectivity index (χ4n) is 2.82. The summed E-state index contributed by atoms with van der Waals surface area (Å²) in [5, 5.41) is 20.1. The first-order valence-corrected chi connectivity index (χ1v) is 10.0. The monoisotopic (exact) mass is 424 g/mol. The van der Waals surface area contributed by atoms with E-state index in [-0.39, 0.29) is 30.5 Å². The third-order valence-corrected chi connectivity index (χ3v) is 5.12. The fourth-order valence-corrected chi connectivity index (χ4v) is 3.42. The van der Waals surface area contributed by atoms with Crippen molar-refractivity contribution in [2.75, 3.05) is 6.61 Å². The summed E-state index contributed by atoms with van der Waals surface area (Å²) in [6.45, 7) is 5.60. The van der Waals surface area contributed by atoms with E-state index in [9.17, 15) is 15.0 Å². The average Bonchev–Trinajstić information content (AvgIpc) is 2.62. The van der Waals surface area contributed by atoms with Crippen molar-refractivity contribution in [3.8, 4) is 11.5 Å². The molecule has 0 bridgehead atoms. The zero-order valence-corrected chi connectivity index (χ0v) is 17.8. The minimum atomic E-state index is -0.511. The summed E-state index contributed by atoms with van der Waals surface area (Å²) >= 11 is 12.8. The number of phenols is 1. The number of hydrogen-bond acceptors (Lipinski definition) is 4. The van der Waals surface area contributed by atoms with Crippen LogP contribution in [0.25, 0.3) is 0 Å². The number of carbonyl (C=O) groups excluding carboxylic acids is 1. The van der Waals surface area contributed by atoms with E-state index in [4.69, 9.17) is 27.9 Å². The molecule has 0 aromatic heterocycles. The maximum absolute atomic E-state index is 11.8. The molecule has 0 spiro atoms. The van der Waals surface area contributed by atoms with Gasteiger partial charge in [0, 0.05) is 22.9 Å². The smallest absolute Gasteiger partial charge is 0.170 e. The molecule has 28 heavy (non-hydrogen) atoms. The first-order chi connectivity index (χ1) is 13.2. The Morgan fingerprint density at radius 3 is 2.32 bits per heavy atom. The predicted molar refractivity (Wildman–Crippen MR) is 113 cm³/mol. The van der Waals surface area contributed by atoms with Crippen molar-refractivity contribution in [1.82, 2.24) is 0 Å². The second-order valence-corrected chi connectivity index (χ2v) is 8.12. The van der Waals surface area contributed by atoms with Crippen molar-refractivity contribution >= 4 is 29.0 Å². The summed E-state index contributed by atoms with van der Waals surface area (Å²) in [5.74, 6) is 0.813. The second-order valence-electron chi connectivity index (χ2n) is 7.31. The van der Waals surface area contributed by atoms with Gasteiger partial charge in [-0.05, 0) is 54.2 Å². The first-order valence-electron chi connectivity index (χ1n) is 9.29. The summed E-state index contributed by atoms with van der Waals surface area (Å²) in [4.78, 5) is 11.8. The van der Waals surface area contributed by atoms with Gasteiger partial charge in [-0.3, -0.25) is 4.79 Å². The Morgan fingerprint density at radius 2 is 1.75 bits per heavy atom. The Morgan fingerprint density at radius 1 is 1.11 bits per heavy atom. The van der Waals surface area contributed by atoms with E-state index in [0.29, 0.717) is 28.6 Å². The fraction of sp³-hybridized carbons (Fsp3) is 0.409. The molecule has 0 radical (unpaired) electrons.